The van der Waals surface area contributed by atoms with Crippen molar-refractivity contribution >= 4 is 10.9 Å². The average Bonchev–Trinajstić information content (AvgIpc) is 2.50. The van der Waals surface area contributed by atoms with Crippen LogP contribution in [0.15, 0.2) is 30.5 Å². The van der Waals surface area contributed by atoms with Crippen LogP contribution in [0.5, 0.6) is 0 Å². The third-order valence-electron chi connectivity index (χ3n) is 2.08. The summed E-state index contributed by atoms with van der Waals surface area (Å²) in [5.41, 5.74) is 1.32. The van der Waals surface area contributed by atoms with Crippen molar-refractivity contribution in [2.24, 2.45) is 0 Å². The van der Waals surface area contributed by atoms with Crippen molar-refractivity contribution in [1.29, 1.82) is 0 Å². The zero-order valence-electron chi connectivity index (χ0n) is 7.25. The smallest absolute Gasteiger partial charge is 0.0480 e. The van der Waals surface area contributed by atoms with Crippen molar-refractivity contribution in [2.75, 3.05) is 0 Å². The molecule has 0 aliphatic carbocycles. The molecule has 0 aliphatic heterocycles. The van der Waals surface area contributed by atoms with Gasteiger partial charge in [-0.2, -0.15) is 0 Å². The van der Waals surface area contributed by atoms with Gasteiger partial charge in [0.15, 0.2) is 0 Å². The highest BCUT2D eigenvalue weighted by molar-refractivity contribution is 5.79. The highest BCUT2D eigenvalue weighted by Crippen LogP contribution is 2.14. The second-order valence-electron chi connectivity index (χ2n) is 2.99. The molecule has 0 unspecified atom stereocenters. The SMILES string of the molecule is CCCn1ccc2c[c]ccc21. The van der Waals surface area contributed by atoms with E-state index in [-0.39, 0.29) is 0 Å². The number of hydrogen-bond donors (Lipinski definition) is 0. The number of rotatable bonds is 2. The van der Waals surface area contributed by atoms with E-state index in [9.17, 15) is 0 Å². The molecule has 0 fully saturated rings. The van der Waals surface area contributed by atoms with E-state index < -0.39 is 0 Å². The lowest BCUT2D eigenvalue weighted by molar-refractivity contribution is 0.703. The monoisotopic (exact) mass is 158 g/mol. The first kappa shape index (κ1) is 7.41. The van der Waals surface area contributed by atoms with E-state index in [0.717, 1.165) is 6.54 Å². The van der Waals surface area contributed by atoms with Gasteiger partial charge in [-0.25, -0.2) is 0 Å². The first-order valence-electron chi connectivity index (χ1n) is 4.37. The van der Waals surface area contributed by atoms with Gasteiger partial charge < -0.3 is 4.57 Å². The Morgan fingerprint density at radius 3 is 3.17 bits per heavy atom. The minimum absolute atomic E-state index is 1.10. The molecule has 61 valence electrons. The summed E-state index contributed by atoms with van der Waals surface area (Å²) in [5.74, 6) is 0. The predicted octanol–water partition coefficient (Wildman–Crippen LogP) is 2.85. The predicted molar refractivity (Wildman–Crippen MR) is 51.1 cm³/mol. The summed E-state index contributed by atoms with van der Waals surface area (Å²) in [7, 11) is 0. The molecule has 1 aromatic heterocycles. The summed E-state index contributed by atoms with van der Waals surface area (Å²) in [4.78, 5) is 0. The summed E-state index contributed by atoms with van der Waals surface area (Å²) < 4.78 is 2.28. The maximum Gasteiger partial charge on any atom is 0.0480 e. The van der Waals surface area contributed by atoms with Crippen molar-refractivity contribution in [3.63, 3.8) is 0 Å². The van der Waals surface area contributed by atoms with Gasteiger partial charge in [0.25, 0.3) is 0 Å². The Morgan fingerprint density at radius 2 is 2.33 bits per heavy atom. The standard InChI is InChI=1S/C11H12N/c1-2-8-12-9-7-10-5-3-4-6-11(10)12/h4-7,9H,2,8H2,1H3. The molecule has 1 heterocycles. The van der Waals surface area contributed by atoms with Crippen molar-refractivity contribution in [3.05, 3.63) is 36.5 Å². The van der Waals surface area contributed by atoms with Gasteiger partial charge in [0.2, 0.25) is 0 Å². The molecule has 0 spiro atoms. The Hall–Kier alpha value is -1.24. The van der Waals surface area contributed by atoms with Crippen LogP contribution in [0, 0.1) is 6.07 Å². The Morgan fingerprint density at radius 1 is 1.42 bits per heavy atom. The molecule has 1 radical (unpaired) electrons. The van der Waals surface area contributed by atoms with Crippen LogP contribution in [0.25, 0.3) is 10.9 Å². The van der Waals surface area contributed by atoms with E-state index in [1.807, 2.05) is 12.1 Å². The van der Waals surface area contributed by atoms with Gasteiger partial charge in [-0.3, -0.25) is 0 Å². The molecule has 0 atom stereocenters. The maximum atomic E-state index is 3.08. The number of hydrogen-bond acceptors (Lipinski definition) is 0. The molecule has 0 N–H and O–H groups in total. The Bertz CT molecular complexity index is 373. The zero-order chi connectivity index (χ0) is 8.39. The third kappa shape index (κ3) is 1.11. The molecule has 0 saturated heterocycles. The number of benzene rings is 1. The number of fused-ring (bicyclic) bond motifs is 1. The lowest BCUT2D eigenvalue weighted by Gasteiger charge is -2.01. The minimum Gasteiger partial charge on any atom is -0.347 e. The number of aryl methyl sites for hydroxylation is 1. The van der Waals surface area contributed by atoms with Crippen LogP contribution in [-0.2, 0) is 6.54 Å². The van der Waals surface area contributed by atoms with Gasteiger partial charge in [0, 0.05) is 23.6 Å². The topological polar surface area (TPSA) is 4.93 Å². The normalized spacial score (nSPS) is 10.8. The lowest BCUT2D eigenvalue weighted by atomic mass is 10.2. The second kappa shape index (κ2) is 3.02. The van der Waals surface area contributed by atoms with E-state index in [4.69, 9.17) is 0 Å². The van der Waals surface area contributed by atoms with Crippen LogP contribution in [-0.4, -0.2) is 4.57 Å². The summed E-state index contributed by atoms with van der Waals surface area (Å²) in [6, 6.07) is 11.3. The molecule has 2 aromatic rings. The van der Waals surface area contributed by atoms with Crippen molar-refractivity contribution in [2.45, 2.75) is 19.9 Å². The van der Waals surface area contributed by atoms with Crippen LogP contribution in [0.1, 0.15) is 13.3 Å². The molecule has 1 aromatic carbocycles. The van der Waals surface area contributed by atoms with E-state index >= 15 is 0 Å². The Kier molecular flexibility index (Phi) is 1.86. The summed E-state index contributed by atoms with van der Waals surface area (Å²) >= 11 is 0. The van der Waals surface area contributed by atoms with Crippen molar-refractivity contribution in [3.8, 4) is 0 Å². The van der Waals surface area contributed by atoms with Crippen LogP contribution < -0.4 is 0 Å². The van der Waals surface area contributed by atoms with Gasteiger partial charge in [-0.1, -0.05) is 13.0 Å². The Labute approximate surface area is 72.6 Å². The highest BCUT2D eigenvalue weighted by Gasteiger charge is 1.96. The molecule has 0 saturated carbocycles. The fourth-order valence-corrected chi connectivity index (χ4v) is 1.52. The van der Waals surface area contributed by atoms with Gasteiger partial charge >= 0.3 is 0 Å². The van der Waals surface area contributed by atoms with Crippen LogP contribution in [0.4, 0.5) is 0 Å². The first-order valence-corrected chi connectivity index (χ1v) is 4.37. The van der Waals surface area contributed by atoms with Crippen molar-refractivity contribution in [1.82, 2.24) is 4.57 Å². The van der Waals surface area contributed by atoms with Crippen LogP contribution in [0.2, 0.25) is 0 Å². The first-order chi connectivity index (χ1) is 5.92. The summed E-state index contributed by atoms with van der Waals surface area (Å²) in [6.07, 6.45) is 3.32. The second-order valence-corrected chi connectivity index (χ2v) is 2.99. The average molecular weight is 158 g/mol. The highest BCUT2D eigenvalue weighted by atomic mass is 14.9. The summed E-state index contributed by atoms with van der Waals surface area (Å²) in [6.45, 7) is 3.30. The lowest BCUT2D eigenvalue weighted by Crippen LogP contribution is -1.92. The van der Waals surface area contributed by atoms with Crippen molar-refractivity contribution < 1.29 is 0 Å². The molecule has 1 nitrogen and oxygen atoms in total. The number of nitrogens with zero attached hydrogens (tertiary/aromatic N) is 1. The molecule has 12 heavy (non-hydrogen) atoms. The van der Waals surface area contributed by atoms with Gasteiger partial charge in [0.1, 0.15) is 0 Å². The zero-order valence-corrected chi connectivity index (χ0v) is 7.25. The molecule has 1 heteroatoms. The third-order valence-corrected chi connectivity index (χ3v) is 2.08. The molecular formula is C11H12N. The maximum absolute atomic E-state index is 3.08. The van der Waals surface area contributed by atoms with Gasteiger partial charge in [0.05, 0.1) is 0 Å². The van der Waals surface area contributed by atoms with E-state index in [0.29, 0.717) is 0 Å². The summed E-state index contributed by atoms with van der Waals surface area (Å²) in [5, 5.41) is 1.28. The van der Waals surface area contributed by atoms with Gasteiger partial charge in [-0.15, -0.1) is 0 Å². The molecule has 2 rings (SSSR count). The Balaban J connectivity index is 2.55. The van der Waals surface area contributed by atoms with E-state index in [1.165, 1.54) is 17.3 Å². The van der Waals surface area contributed by atoms with Crippen LogP contribution >= 0.6 is 0 Å². The van der Waals surface area contributed by atoms with Crippen LogP contribution in [0.3, 0.4) is 0 Å². The fraction of sp³-hybridized carbons (Fsp3) is 0.273. The molecular weight excluding hydrogens is 146 g/mol. The van der Waals surface area contributed by atoms with E-state index in [1.54, 1.807) is 0 Å². The molecule has 0 amide bonds. The number of aromatic nitrogens is 1. The molecule has 0 aliphatic rings. The molecule has 0 bridgehead atoms. The van der Waals surface area contributed by atoms with Gasteiger partial charge in [-0.05, 0) is 30.7 Å². The fourth-order valence-electron chi connectivity index (χ4n) is 1.52. The quantitative estimate of drug-likeness (QED) is 0.633. The van der Waals surface area contributed by atoms with E-state index in [2.05, 4.69) is 35.9 Å². The largest absolute Gasteiger partial charge is 0.347 e. The minimum atomic E-state index is 1.10.